The molecule has 0 saturated carbocycles. The highest BCUT2D eigenvalue weighted by molar-refractivity contribution is 5.46. The highest BCUT2D eigenvalue weighted by Gasteiger charge is 2.33. The van der Waals surface area contributed by atoms with Crippen LogP contribution < -0.4 is 10.5 Å². The van der Waals surface area contributed by atoms with Crippen LogP contribution in [0.3, 0.4) is 0 Å². The van der Waals surface area contributed by atoms with E-state index in [9.17, 15) is 0 Å². The molecule has 2 heterocycles. The van der Waals surface area contributed by atoms with E-state index in [1.54, 1.807) is 7.11 Å². The molecule has 2 aromatic rings. The van der Waals surface area contributed by atoms with E-state index in [-0.39, 0.29) is 11.5 Å². The summed E-state index contributed by atoms with van der Waals surface area (Å²) in [5, 5.41) is 4.50. The van der Waals surface area contributed by atoms with Gasteiger partial charge in [-0.1, -0.05) is 26.0 Å². The van der Waals surface area contributed by atoms with E-state index >= 15 is 0 Å². The standard InChI is InChI=1S/C18H26N4O/c1-18(2)13-21(11-9-17(18)19)12-14-8-10-20-22(14)15-6-4-5-7-16(15)23-3/h4-8,10,17H,9,11-13,19H2,1-3H3. The van der Waals surface area contributed by atoms with Crippen molar-refractivity contribution < 1.29 is 4.74 Å². The molecule has 0 aliphatic carbocycles. The summed E-state index contributed by atoms with van der Waals surface area (Å²) in [6.45, 7) is 7.41. The van der Waals surface area contributed by atoms with Crippen LogP contribution in [0.4, 0.5) is 0 Å². The summed E-state index contributed by atoms with van der Waals surface area (Å²) in [6, 6.07) is 10.3. The third kappa shape index (κ3) is 3.26. The Morgan fingerprint density at radius 2 is 2.09 bits per heavy atom. The molecule has 2 N–H and O–H groups in total. The van der Waals surface area contributed by atoms with Crippen molar-refractivity contribution in [1.82, 2.24) is 14.7 Å². The quantitative estimate of drug-likeness (QED) is 0.942. The molecule has 0 bridgehead atoms. The first-order valence-electron chi connectivity index (χ1n) is 8.15. The van der Waals surface area contributed by atoms with E-state index < -0.39 is 0 Å². The first-order valence-corrected chi connectivity index (χ1v) is 8.15. The highest BCUT2D eigenvalue weighted by Crippen LogP contribution is 2.29. The fourth-order valence-corrected chi connectivity index (χ4v) is 3.32. The molecule has 5 nitrogen and oxygen atoms in total. The van der Waals surface area contributed by atoms with Crippen molar-refractivity contribution in [3.63, 3.8) is 0 Å². The summed E-state index contributed by atoms with van der Waals surface area (Å²) in [7, 11) is 1.69. The summed E-state index contributed by atoms with van der Waals surface area (Å²) in [5.41, 5.74) is 8.53. The normalized spacial score (nSPS) is 21.3. The minimum Gasteiger partial charge on any atom is -0.494 e. The minimum absolute atomic E-state index is 0.146. The van der Waals surface area contributed by atoms with Gasteiger partial charge in [-0.2, -0.15) is 5.10 Å². The molecule has 0 spiro atoms. The Bertz CT molecular complexity index is 665. The lowest BCUT2D eigenvalue weighted by molar-refractivity contribution is 0.0883. The van der Waals surface area contributed by atoms with Crippen molar-refractivity contribution >= 4 is 0 Å². The van der Waals surface area contributed by atoms with Gasteiger partial charge in [-0.15, -0.1) is 0 Å². The average Bonchev–Trinajstić information content (AvgIpc) is 2.98. The Morgan fingerprint density at radius 3 is 2.83 bits per heavy atom. The molecule has 1 saturated heterocycles. The summed E-state index contributed by atoms with van der Waals surface area (Å²) in [4.78, 5) is 2.46. The fraction of sp³-hybridized carbons (Fsp3) is 0.500. The second-order valence-electron chi connectivity index (χ2n) is 7.00. The fourth-order valence-electron chi connectivity index (χ4n) is 3.32. The molecule has 1 aliphatic rings. The number of hydrogen-bond donors (Lipinski definition) is 1. The van der Waals surface area contributed by atoms with Crippen molar-refractivity contribution in [3.05, 3.63) is 42.2 Å². The second kappa shape index (κ2) is 6.34. The van der Waals surface area contributed by atoms with Gasteiger partial charge in [-0.3, -0.25) is 4.90 Å². The molecule has 1 aliphatic heterocycles. The Labute approximate surface area is 138 Å². The summed E-state index contributed by atoms with van der Waals surface area (Å²) >= 11 is 0. The van der Waals surface area contributed by atoms with Crippen LogP contribution >= 0.6 is 0 Å². The van der Waals surface area contributed by atoms with Crippen LogP contribution in [0, 0.1) is 5.41 Å². The molecule has 5 heteroatoms. The van der Waals surface area contributed by atoms with Crippen molar-refractivity contribution in [2.45, 2.75) is 32.9 Å². The largest absolute Gasteiger partial charge is 0.494 e. The topological polar surface area (TPSA) is 56.3 Å². The van der Waals surface area contributed by atoms with Gasteiger partial charge in [0.05, 0.1) is 12.8 Å². The van der Waals surface area contributed by atoms with E-state index in [4.69, 9.17) is 10.5 Å². The maximum Gasteiger partial charge on any atom is 0.144 e. The lowest BCUT2D eigenvalue weighted by atomic mass is 9.80. The maximum atomic E-state index is 6.25. The van der Waals surface area contributed by atoms with Gasteiger partial charge in [0.25, 0.3) is 0 Å². The number of nitrogens with two attached hydrogens (primary N) is 1. The minimum atomic E-state index is 0.146. The molecule has 3 rings (SSSR count). The predicted octanol–water partition coefficient (Wildman–Crippen LogP) is 2.44. The van der Waals surface area contributed by atoms with E-state index in [2.05, 4.69) is 29.9 Å². The van der Waals surface area contributed by atoms with Gasteiger partial charge in [-0.05, 0) is 30.0 Å². The molecule has 1 aromatic carbocycles. The summed E-state index contributed by atoms with van der Waals surface area (Å²) < 4.78 is 7.44. The number of aromatic nitrogens is 2. The first-order chi connectivity index (χ1) is 11.0. The van der Waals surface area contributed by atoms with Gasteiger partial charge in [-0.25, -0.2) is 4.68 Å². The number of piperidine rings is 1. The molecule has 124 valence electrons. The molecule has 0 amide bonds. The lowest BCUT2D eigenvalue weighted by Gasteiger charge is -2.42. The third-order valence-corrected chi connectivity index (χ3v) is 4.81. The molecular weight excluding hydrogens is 288 g/mol. The number of benzene rings is 1. The van der Waals surface area contributed by atoms with Gasteiger partial charge in [0, 0.05) is 31.9 Å². The Kier molecular flexibility index (Phi) is 4.41. The van der Waals surface area contributed by atoms with Crippen LogP contribution in [-0.4, -0.2) is 40.9 Å². The molecule has 0 radical (unpaired) electrons. The number of likely N-dealkylation sites (tertiary alicyclic amines) is 1. The zero-order valence-corrected chi connectivity index (χ0v) is 14.2. The number of para-hydroxylation sites is 2. The van der Waals surface area contributed by atoms with E-state index in [1.165, 1.54) is 5.69 Å². The first kappa shape index (κ1) is 16.0. The van der Waals surface area contributed by atoms with E-state index in [1.807, 2.05) is 35.1 Å². The molecule has 1 atom stereocenters. The van der Waals surface area contributed by atoms with Crippen molar-refractivity contribution in [1.29, 1.82) is 0 Å². The molecule has 1 aromatic heterocycles. The van der Waals surface area contributed by atoms with Crippen molar-refractivity contribution in [2.75, 3.05) is 20.2 Å². The molecular formula is C18H26N4O. The van der Waals surface area contributed by atoms with Gasteiger partial charge >= 0.3 is 0 Å². The Morgan fingerprint density at radius 1 is 1.30 bits per heavy atom. The van der Waals surface area contributed by atoms with Crippen molar-refractivity contribution in [2.24, 2.45) is 11.1 Å². The van der Waals surface area contributed by atoms with Gasteiger partial charge in [0.2, 0.25) is 0 Å². The van der Waals surface area contributed by atoms with Crippen LogP contribution in [0.5, 0.6) is 5.75 Å². The highest BCUT2D eigenvalue weighted by atomic mass is 16.5. The summed E-state index contributed by atoms with van der Waals surface area (Å²) in [6.07, 6.45) is 2.89. The number of rotatable bonds is 4. The predicted molar refractivity (Wildman–Crippen MR) is 91.8 cm³/mol. The van der Waals surface area contributed by atoms with E-state index in [0.717, 1.165) is 37.5 Å². The lowest BCUT2D eigenvalue weighted by Crippen LogP contribution is -2.52. The number of ether oxygens (including phenoxy) is 1. The Balaban J connectivity index is 1.82. The van der Waals surface area contributed by atoms with Gasteiger partial charge in [0.1, 0.15) is 11.4 Å². The Hall–Kier alpha value is -1.85. The number of methoxy groups -OCH3 is 1. The second-order valence-corrected chi connectivity index (χ2v) is 7.00. The summed E-state index contributed by atoms with van der Waals surface area (Å²) in [5.74, 6) is 0.832. The number of nitrogens with zero attached hydrogens (tertiary/aromatic N) is 3. The maximum absolute atomic E-state index is 6.25. The third-order valence-electron chi connectivity index (χ3n) is 4.81. The molecule has 1 unspecified atom stereocenters. The molecule has 1 fully saturated rings. The van der Waals surface area contributed by atoms with Crippen molar-refractivity contribution in [3.8, 4) is 11.4 Å². The van der Waals surface area contributed by atoms with Crippen LogP contribution in [0.15, 0.2) is 36.5 Å². The SMILES string of the molecule is COc1ccccc1-n1nccc1CN1CCC(N)C(C)(C)C1. The van der Waals surface area contributed by atoms with Gasteiger partial charge in [0.15, 0.2) is 0 Å². The van der Waals surface area contributed by atoms with E-state index in [0.29, 0.717) is 0 Å². The molecule has 23 heavy (non-hydrogen) atoms. The van der Waals surface area contributed by atoms with Crippen LogP contribution in [0.2, 0.25) is 0 Å². The monoisotopic (exact) mass is 314 g/mol. The van der Waals surface area contributed by atoms with Crippen LogP contribution in [-0.2, 0) is 6.54 Å². The number of hydrogen-bond acceptors (Lipinski definition) is 4. The van der Waals surface area contributed by atoms with Gasteiger partial charge < -0.3 is 10.5 Å². The van der Waals surface area contributed by atoms with Crippen LogP contribution in [0.25, 0.3) is 5.69 Å². The average molecular weight is 314 g/mol. The zero-order valence-electron chi connectivity index (χ0n) is 14.2. The van der Waals surface area contributed by atoms with Crippen LogP contribution in [0.1, 0.15) is 26.0 Å². The zero-order chi connectivity index (χ0) is 16.4. The smallest absolute Gasteiger partial charge is 0.144 e.